The molecule has 0 bridgehead atoms. The molecular formula is C15H23BClNO2. The number of hydrogen-bond acceptors (Lipinski definition) is 3. The molecule has 0 aliphatic carbocycles. The van der Waals surface area contributed by atoms with Crippen molar-refractivity contribution < 1.29 is 9.31 Å². The molecule has 1 saturated heterocycles. The van der Waals surface area contributed by atoms with Gasteiger partial charge in [-0.15, -0.1) is 0 Å². The van der Waals surface area contributed by atoms with E-state index in [0.29, 0.717) is 10.7 Å². The predicted molar refractivity (Wildman–Crippen MR) is 85.7 cm³/mol. The topological polar surface area (TPSA) is 44.5 Å². The third kappa shape index (κ3) is 2.57. The Labute approximate surface area is 126 Å². The molecule has 0 radical (unpaired) electrons. The van der Waals surface area contributed by atoms with E-state index in [1.165, 1.54) is 0 Å². The fourth-order valence-electron chi connectivity index (χ4n) is 2.44. The summed E-state index contributed by atoms with van der Waals surface area (Å²) in [7, 11) is -0.432. The highest BCUT2D eigenvalue weighted by atomic mass is 35.5. The van der Waals surface area contributed by atoms with E-state index in [1.54, 1.807) is 6.07 Å². The summed E-state index contributed by atoms with van der Waals surface area (Å²) in [5.41, 5.74) is 7.80. The maximum Gasteiger partial charge on any atom is 0.495 e. The molecule has 0 unspecified atom stereocenters. The van der Waals surface area contributed by atoms with Gasteiger partial charge in [0.1, 0.15) is 0 Å². The van der Waals surface area contributed by atoms with Crippen molar-refractivity contribution in [3.63, 3.8) is 0 Å². The van der Waals surface area contributed by atoms with Gasteiger partial charge >= 0.3 is 7.12 Å². The zero-order valence-corrected chi connectivity index (χ0v) is 13.8. The average molecular weight is 296 g/mol. The van der Waals surface area contributed by atoms with Crippen LogP contribution in [0.5, 0.6) is 0 Å². The van der Waals surface area contributed by atoms with Crippen molar-refractivity contribution in [2.45, 2.75) is 58.7 Å². The largest absolute Gasteiger partial charge is 0.495 e. The molecule has 20 heavy (non-hydrogen) atoms. The number of nitrogens with two attached hydrogens (primary N) is 1. The van der Waals surface area contributed by atoms with E-state index in [-0.39, 0.29) is 17.1 Å². The zero-order valence-electron chi connectivity index (χ0n) is 13.1. The van der Waals surface area contributed by atoms with Gasteiger partial charge in [-0.1, -0.05) is 25.4 Å². The number of rotatable bonds is 2. The fraction of sp³-hybridized carbons (Fsp3) is 0.600. The molecule has 0 atom stereocenters. The second kappa shape index (κ2) is 4.94. The highest BCUT2D eigenvalue weighted by Gasteiger charge is 2.52. The number of benzene rings is 1. The van der Waals surface area contributed by atoms with Crippen LogP contribution in [0.15, 0.2) is 12.1 Å². The minimum absolute atomic E-state index is 0.275. The van der Waals surface area contributed by atoms with E-state index in [4.69, 9.17) is 26.6 Å². The SMILES string of the molecule is CC(C)c1c(Cl)cc(N)cc1B1OC(C)(C)C(C)(C)O1. The first-order chi connectivity index (χ1) is 9.05. The van der Waals surface area contributed by atoms with Gasteiger partial charge < -0.3 is 15.0 Å². The molecule has 2 rings (SSSR count). The fourth-order valence-corrected chi connectivity index (χ4v) is 2.89. The van der Waals surface area contributed by atoms with Crippen molar-refractivity contribution in [1.82, 2.24) is 0 Å². The smallest absolute Gasteiger partial charge is 0.399 e. The third-order valence-corrected chi connectivity index (χ3v) is 4.58. The maximum atomic E-state index is 6.36. The standard InChI is InChI=1S/C15H23BClNO2/c1-9(2)13-11(7-10(18)8-12(13)17)16-19-14(3,4)15(5,6)20-16/h7-9H,18H2,1-6H3. The molecule has 0 spiro atoms. The number of halogens is 1. The molecule has 2 N–H and O–H groups in total. The first-order valence-electron chi connectivity index (χ1n) is 6.99. The molecule has 1 aliphatic rings. The Kier molecular flexibility index (Phi) is 3.87. The summed E-state index contributed by atoms with van der Waals surface area (Å²) < 4.78 is 12.2. The summed E-state index contributed by atoms with van der Waals surface area (Å²) in [6.07, 6.45) is 0. The minimum atomic E-state index is -0.432. The lowest BCUT2D eigenvalue weighted by atomic mass is 9.73. The Morgan fingerprint density at radius 1 is 1.10 bits per heavy atom. The maximum absolute atomic E-state index is 6.36. The number of nitrogen functional groups attached to an aromatic ring is 1. The summed E-state index contributed by atoms with van der Waals surface area (Å²) in [4.78, 5) is 0. The Balaban J connectivity index is 2.49. The highest BCUT2D eigenvalue weighted by molar-refractivity contribution is 6.63. The normalized spacial score (nSPS) is 20.7. The van der Waals surface area contributed by atoms with Crippen LogP contribution in [0.25, 0.3) is 0 Å². The van der Waals surface area contributed by atoms with Gasteiger partial charge in [0.2, 0.25) is 0 Å². The van der Waals surface area contributed by atoms with Gasteiger partial charge in [0, 0.05) is 10.7 Å². The predicted octanol–water partition coefficient (Wildman–Crippen LogP) is 3.34. The molecule has 0 aromatic heterocycles. The monoisotopic (exact) mass is 295 g/mol. The molecule has 1 aromatic rings. The summed E-state index contributed by atoms with van der Waals surface area (Å²) in [6, 6.07) is 3.69. The van der Waals surface area contributed by atoms with Crippen LogP contribution in [0.2, 0.25) is 5.02 Å². The van der Waals surface area contributed by atoms with Crippen LogP contribution in [-0.2, 0) is 9.31 Å². The van der Waals surface area contributed by atoms with Crippen molar-refractivity contribution in [3.8, 4) is 0 Å². The Morgan fingerprint density at radius 2 is 1.60 bits per heavy atom. The van der Waals surface area contributed by atoms with Crippen LogP contribution in [0, 0.1) is 0 Å². The first kappa shape index (κ1) is 15.7. The van der Waals surface area contributed by atoms with Crippen molar-refractivity contribution in [2.24, 2.45) is 0 Å². The van der Waals surface area contributed by atoms with E-state index in [1.807, 2.05) is 33.8 Å². The average Bonchev–Trinajstić information content (AvgIpc) is 2.46. The van der Waals surface area contributed by atoms with Crippen molar-refractivity contribution in [1.29, 1.82) is 0 Å². The molecule has 110 valence electrons. The summed E-state index contributed by atoms with van der Waals surface area (Å²) >= 11 is 6.36. The molecule has 5 heteroatoms. The number of anilines is 1. The molecule has 1 aromatic carbocycles. The van der Waals surface area contributed by atoms with Crippen LogP contribution in [0.1, 0.15) is 53.0 Å². The van der Waals surface area contributed by atoms with E-state index in [2.05, 4.69) is 13.8 Å². The van der Waals surface area contributed by atoms with E-state index < -0.39 is 7.12 Å². The van der Waals surface area contributed by atoms with Crippen LogP contribution >= 0.6 is 11.6 Å². The van der Waals surface area contributed by atoms with Crippen LogP contribution < -0.4 is 11.2 Å². The molecule has 0 amide bonds. The molecule has 3 nitrogen and oxygen atoms in total. The highest BCUT2D eigenvalue weighted by Crippen LogP contribution is 2.38. The first-order valence-corrected chi connectivity index (χ1v) is 7.37. The van der Waals surface area contributed by atoms with E-state index in [0.717, 1.165) is 11.0 Å². The van der Waals surface area contributed by atoms with E-state index in [9.17, 15) is 0 Å². The van der Waals surface area contributed by atoms with Crippen LogP contribution in [0.3, 0.4) is 0 Å². The third-order valence-electron chi connectivity index (χ3n) is 4.27. The van der Waals surface area contributed by atoms with Gasteiger partial charge in [-0.3, -0.25) is 0 Å². The zero-order chi connectivity index (χ0) is 15.3. The van der Waals surface area contributed by atoms with Crippen molar-refractivity contribution >= 4 is 29.9 Å². The lowest BCUT2D eigenvalue weighted by Gasteiger charge is -2.32. The minimum Gasteiger partial charge on any atom is -0.399 e. The van der Waals surface area contributed by atoms with E-state index >= 15 is 0 Å². The van der Waals surface area contributed by atoms with Crippen LogP contribution in [0.4, 0.5) is 5.69 Å². The van der Waals surface area contributed by atoms with Gasteiger partial charge in [-0.05, 0) is 56.8 Å². The summed E-state index contributed by atoms with van der Waals surface area (Å²) in [5.74, 6) is 0.275. The summed E-state index contributed by atoms with van der Waals surface area (Å²) in [5, 5.41) is 0.671. The Hall–Kier alpha value is -0.705. The lowest BCUT2D eigenvalue weighted by molar-refractivity contribution is 0.00578. The summed E-state index contributed by atoms with van der Waals surface area (Å²) in [6.45, 7) is 12.4. The Bertz CT molecular complexity index is 513. The second-order valence-electron chi connectivity index (χ2n) is 6.75. The van der Waals surface area contributed by atoms with Gasteiger partial charge in [0.15, 0.2) is 0 Å². The van der Waals surface area contributed by atoms with Crippen molar-refractivity contribution in [2.75, 3.05) is 5.73 Å². The lowest BCUT2D eigenvalue weighted by Crippen LogP contribution is -2.41. The van der Waals surface area contributed by atoms with Crippen molar-refractivity contribution in [3.05, 3.63) is 22.7 Å². The molecule has 1 fully saturated rings. The van der Waals surface area contributed by atoms with Crippen LogP contribution in [-0.4, -0.2) is 18.3 Å². The molecule has 0 saturated carbocycles. The number of hydrogen-bond donors (Lipinski definition) is 1. The quantitative estimate of drug-likeness (QED) is 0.672. The van der Waals surface area contributed by atoms with Gasteiger partial charge in [-0.2, -0.15) is 0 Å². The second-order valence-corrected chi connectivity index (χ2v) is 7.16. The molecule has 1 heterocycles. The van der Waals surface area contributed by atoms with Gasteiger partial charge in [0.25, 0.3) is 0 Å². The molecule has 1 aliphatic heterocycles. The Morgan fingerprint density at radius 3 is 2.05 bits per heavy atom. The molecular weight excluding hydrogens is 272 g/mol. The van der Waals surface area contributed by atoms with Gasteiger partial charge in [0.05, 0.1) is 11.2 Å². The van der Waals surface area contributed by atoms with Gasteiger partial charge in [-0.25, -0.2) is 0 Å².